The molecule has 0 heterocycles. The van der Waals surface area contributed by atoms with Crippen LogP contribution in [0.1, 0.15) is 13.8 Å². The minimum absolute atomic E-state index is 0.105. The fourth-order valence-corrected chi connectivity index (χ4v) is 2.03. The first-order valence-corrected chi connectivity index (χ1v) is 5.41. The molecule has 0 bridgehead atoms. The summed E-state index contributed by atoms with van der Waals surface area (Å²) in [4.78, 5) is 11.1. The molecule has 0 saturated carbocycles. The minimum Gasteiger partial charge on any atom is -0.497 e. The topological polar surface area (TPSA) is 52.4 Å². The Labute approximate surface area is 92.8 Å². The molecule has 0 amide bonds. The van der Waals surface area contributed by atoms with Crippen molar-refractivity contribution < 1.29 is 9.66 Å². The highest BCUT2D eigenvalue weighted by atomic mass is 32.2. The van der Waals surface area contributed by atoms with Crippen LogP contribution in [-0.4, -0.2) is 17.3 Å². The lowest BCUT2D eigenvalue weighted by molar-refractivity contribution is -0.387. The van der Waals surface area contributed by atoms with Crippen molar-refractivity contribution in [3.63, 3.8) is 0 Å². The van der Waals surface area contributed by atoms with Crippen LogP contribution in [0.4, 0.5) is 5.69 Å². The molecule has 5 heteroatoms. The Morgan fingerprint density at radius 1 is 1.47 bits per heavy atom. The zero-order valence-corrected chi connectivity index (χ0v) is 9.71. The molecule has 0 N–H and O–H groups in total. The number of ether oxygens (including phenoxy) is 1. The van der Waals surface area contributed by atoms with Crippen molar-refractivity contribution in [2.75, 3.05) is 7.11 Å². The van der Waals surface area contributed by atoms with Gasteiger partial charge in [0, 0.05) is 5.25 Å². The highest BCUT2D eigenvalue weighted by Crippen LogP contribution is 2.34. The van der Waals surface area contributed by atoms with Crippen molar-refractivity contribution in [2.45, 2.75) is 24.0 Å². The largest absolute Gasteiger partial charge is 0.497 e. The molecule has 0 unspecified atom stereocenters. The standard InChI is InChI=1S/C10H13NO3S/c1-7(2)15-10-5-4-8(14-3)6-9(10)11(12)13/h4-7H,1-3H3. The van der Waals surface area contributed by atoms with Gasteiger partial charge < -0.3 is 4.74 Å². The number of benzene rings is 1. The molecule has 82 valence electrons. The first kappa shape index (κ1) is 11.8. The number of rotatable bonds is 4. The summed E-state index contributed by atoms with van der Waals surface area (Å²) < 4.78 is 4.95. The van der Waals surface area contributed by atoms with E-state index in [0.717, 1.165) is 0 Å². The van der Waals surface area contributed by atoms with Crippen LogP contribution >= 0.6 is 11.8 Å². The van der Waals surface area contributed by atoms with E-state index in [1.54, 1.807) is 12.1 Å². The fourth-order valence-electron chi connectivity index (χ4n) is 1.12. The zero-order valence-electron chi connectivity index (χ0n) is 8.89. The van der Waals surface area contributed by atoms with E-state index < -0.39 is 0 Å². The summed E-state index contributed by atoms with van der Waals surface area (Å²) in [5.41, 5.74) is 0.105. The fraction of sp³-hybridized carbons (Fsp3) is 0.400. The summed E-state index contributed by atoms with van der Waals surface area (Å²) in [7, 11) is 1.49. The lowest BCUT2D eigenvalue weighted by Crippen LogP contribution is -1.95. The van der Waals surface area contributed by atoms with Gasteiger partial charge in [-0.05, 0) is 12.1 Å². The van der Waals surface area contributed by atoms with Crippen molar-refractivity contribution in [1.82, 2.24) is 0 Å². The third-order valence-corrected chi connectivity index (χ3v) is 2.80. The minimum atomic E-state index is -0.382. The van der Waals surface area contributed by atoms with Gasteiger partial charge in [-0.3, -0.25) is 10.1 Å². The normalized spacial score (nSPS) is 10.4. The van der Waals surface area contributed by atoms with E-state index in [0.29, 0.717) is 15.9 Å². The predicted octanol–water partition coefficient (Wildman–Crippen LogP) is 3.10. The highest BCUT2D eigenvalue weighted by molar-refractivity contribution is 8.00. The smallest absolute Gasteiger partial charge is 0.286 e. The Morgan fingerprint density at radius 3 is 2.60 bits per heavy atom. The number of nitro groups is 1. The Kier molecular flexibility index (Phi) is 3.96. The molecule has 0 aliphatic carbocycles. The number of methoxy groups -OCH3 is 1. The predicted molar refractivity (Wildman–Crippen MR) is 60.6 cm³/mol. The first-order chi connectivity index (χ1) is 7.04. The molecule has 1 aromatic carbocycles. The second-order valence-corrected chi connectivity index (χ2v) is 4.88. The number of hydrogen-bond acceptors (Lipinski definition) is 4. The monoisotopic (exact) mass is 227 g/mol. The SMILES string of the molecule is COc1ccc(SC(C)C)c([N+](=O)[O-])c1. The maximum Gasteiger partial charge on any atom is 0.286 e. The Balaban J connectivity index is 3.09. The van der Waals surface area contributed by atoms with Crippen LogP contribution in [0.25, 0.3) is 0 Å². The molecular weight excluding hydrogens is 214 g/mol. The summed E-state index contributed by atoms with van der Waals surface area (Å²) in [5.74, 6) is 0.509. The lowest BCUT2D eigenvalue weighted by Gasteiger charge is -2.06. The molecule has 0 aliphatic rings. The van der Waals surface area contributed by atoms with Crippen molar-refractivity contribution in [3.05, 3.63) is 28.3 Å². The number of hydrogen-bond donors (Lipinski definition) is 0. The summed E-state index contributed by atoms with van der Waals surface area (Å²) >= 11 is 1.48. The van der Waals surface area contributed by atoms with E-state index in [2.05, 4.69) is 0 Å². The average Bonchev–Trinajstić information content (AvgIpc) is 2.17. The molecule has 0 fully saturated rings. The van der Waals surface area contributed by atoms with Crippen molar-refractivity contribution in [1.29, 1.82) is 0 Å². The highest BCUT2D eigenvalue weighted by Gasteiger charge is 2.16. The van der Waals surface area contributed by atoms with E-state index in [-0.39, 0.29) is 10.6 Å². The van der Waals surface area contributed by atoms with Crippen LogP contribution in [0.2, 0.25) is 0 Å². The van der Waals surface area contributed by atoms with Gasteiger partial charge in [-0.15, -0.1) is 11.8 Å². The van der Waals surface area contributed by atoms with Crippen molar-refractivity contribution in [2.24, 2.45) is 0 Å². The molecule has 0 aliphatic heterocycles. The molecule has 4 nitrogen and oxygen atoms in total. The molecule has 0 atom stereocenters. The van der Waals surface area contributed by atoms with Crippen LogP contribution in [0.5, 0.6) is 5.75 Å². The molecule has 1 rings (SSSR count). The summed E-state index contributed by atoms with van der Waals surface area (Å²) in [6.45, 7) is 4.00. The molecule has 0 spiro atoms. The maximum absolute atomic E-state index is 10.8. The van der Waals surface area contributed by atoms with Gasteiger partial charge in [0.15, 0.2) is 0 Å². The number of nitro benzene ring substituents is 1. The summed E-state index contributed by atoms with van der Waals surface area (Å²) in [5, 5.41) is 11.1. The van der Waals surface area contributed by atoms with Crippen LogP contribution in [-0.2, 0) is 0 Å². The maximum atomic E-state index is 10.8. The van der Waals surface area contributed by atoms with E-state index in [4.69, 9.17) is 4.74 Å². The van der Waals surface area contributed by atoms with Gasteiger partial charge in [0.05, 0.1) is 23.0 Å². The average molecular weight is 227 g/mol. The van der Waals surface area contributed by atoms with E-state index in [9.17, 15) is 10.1 Å². The lowest BCUT2D eigenvalue weighted by atomic mass is 10.3. The number of nitrogens with zero attached hydrogens (tertiary/aromatic N) is 1. The third-order valence-electron chi connectivity index (χ3n) is 1.73. The molecule has 1 aromatic rings. The van der Waals surface area contributed by atoms with Crippen LogP contribution in [0.15, 0.2) is 23.1 Å². The van der Waals surface area contributed by atoms with Crippen LogP contribution in [0, 0.1) is 10.1 Å². The second-order valence-electron chi connectivity index (χ2n) is 3.26. The van der Waals surface area contributed by atoms with E-state index >= 15 is 0 Å². The van der Waals surface area contributed by atoms with Gasteiger partial charge in [-0.1, -0.05) is 13.8 Å². The van der Waals surface area contributed by atoms with E-state index in [1.165, 1.54) is 24.9 Å². The van der Waals surface area contributed by atoms with E-state index in [1.807, 2.05) is 13.8 Å². The second kappa shape index (κ2) is 5.02. The molecule has 0 aromatic heterocycles. The Morgan fingerprint density at radius 2 is 2.13 bits per heavy atom. The zero-order chi connectivity index (χ0) is 11.4. The summed E-state index contributed by atoms with van der Waals surface area (Å²) in [6, 6.07) is 4.91. The van der Waals surface area contributed by atoms with Gasteiger partial charge in [-0.25, -0.2) is 0 Å². The van der Waals surface area contributed by atoms with Gasteiger partial charge in [-0.2, -0.15) is 0 Å². The summed E-state index contributed by atoms with van der Waals surface area (Å²) in [6.07, 6.45) is 0. The molecule has 15 heavy (non-hydrogen) atoms. The van der Waals surface area contributed by atoms with Gasteiger partial charge >= 0.3 is 0 Å². The van der Waals surface area contributed by atoms with Crippen LogP contribution < -0.4 is 4.74 Å². The van der Waals surface area contributed by atoms with Crippen LogP contribution in [0.3, 0.4) is 0 Å². The quantitative estimate of drug-likeness (QED) is 0.450. The molecule has 0 saturated heterocycles. The first-order valence-electron chi connectivity index (χ1n) is 4.53. The van der Waals surface area contributed by atoms with Gasteiger partial charge in [0.1, 0.15) is 5.75 Å². The Bertz CT molecular complexity index is 366. The van der Waals surface area contributed by atoms with Gasteiger partial charge in [0.25, 0.3) is 5.69 Å². The molecule has 0 radical (unpaired) electrons. The number of thioether (sulfide) groups is 1. The van der Waals surface area contributed by atoms with Crippen molar-refractivity contribution in [3.8, 4) is 5.75 Å². The Hall–Kier alpha value is -1.23. The third kappa shape index (κ3) is 3.13. The van der Waals surface area contributed by atoms with Gasteiger partial charge in [0.2, 0.25) is 0 Å². The van der Waals surface area contributed by atoms with Crippen molar-refractivity contribution >= 4 is 17.4 Å². The molecular formula is C10H13NO3S.